The highest BCUT2D eigenvalue weighted by molar-refractivity contribution is 7.99. The molecule has 0 amide bonds. The maximum Gasteiger partial charge on any atom is 0.187 e. The number of aromatic nitrogens is 2. The first-order chi connectivity index (χ1) is 7.65. The van der Waals surface area contributed by atoms with E-state index in [9.17, 15) is 0 Å². The van der Waals surface area contributed by atoms with Crippen molar-refractivity contribution in [3.63, 3.8) is 0 Å². The second-order valence-corrected chi connectivity index (χ2v) is 4.83. The van der Waals surface area contributed by atoms with Crippen LogP contribution >= 0.6 is 11.8 Å². The van der Waals surface area contributed by atoms with Gasteiger partial charge in [-0.3, -0.25) is 0 Å². The highest BCUT2D eigenvalue weighted by atomic mass is 32.2. The number of hydrogen-bond acceptors (Lipinski definition) is 4. The summed E-state index contributed by atoms with van der Waals surface area (Å²) in [5, 5.41) is 9.26. The number of rotatable bonds is 5. The van der Waals surface area contributed by atoms with E-state index in [4.69, 9.17) is 5.26 Å². The maximum absolute atomic E-state index is 8.40. The van der Waals surface area contributed by atoms with Gasteiger partial charge < -0.3 is 0 Å². The van der Waals surface area contributed by atoms with Gasteiger partial charge in [-0.25, -0.2) is 9.97 Å². The summed E-state index contributed by atoms with van der Waals surface area (Å²) in [5.74, 6) is 0.990. The Kier molecular flexibility index (Phi) is 5.27. The molecule has 0 N–H and O–H groups in total. The Balaban J connectivity index is 2.46. The fourth-order valence-electron chi connectivity index (χ4n) is 1.28. The van der Waals surface area contributed by atoms with Crippen molar-refractivity contribution >= 4 is 11.8 Å². The summed E-state index contributed by atoms with van der Waals surface area (Å²) in [7, 11) is 0. The molecule has 0 aliphatic carbocycles. The van der Waals surface area contributed by atoms with Crippen LogP contribution in [0, 0.1) is 32.1 Å². The van der Waals surface area contributed by atoms with E-state index in [1.807, 2.05) is 20.8 Å². The summed E-state index contributed by atoms with van der Waals surface area (Å²) in [6, 6.07) is 2.15. The largest absolute Gasteiger partial charge is 0.228 e. The van der Waals surface area contributed by atoms with E-state index in [0.29, 0.717) is 6.42 Å². The first-order valence-corrected chi connectivity index (χ1v) is 6.45. The summed E-state index contributed by atoms with van der Waals surface area (Å²) in [5.41, 5.74) is 3.30. The molecule has 0 aromatic carbocycles. The van der Waals surface area contributed by atoms with Crippen molar-refractivity contribution in [1.29, 1.82) is 5.26 Å². The molecule has 86 valence electrons. The van der Waals surface area contributed by atoms with E-state index in [1.165, 1.54) is 5.56 Å². The third-order valence-electron chi connectivity index (χ3n) is 2.53. The molecule has 3 nitrogen and oxygen atoms in total. The highest BCUT2D eigenvalue weighted by Gasteiger charge is 2.04. The number of nitriles is 1. The number of nitrogens with zero attached hydrogens (tertiary/aromatic N) is 3. The predicted octanol–water partition coefficient (Wildman–Crippen LogP) is 3.19. The number of unbranched alkanes of at least 4 members (excludes halogenated alkanes) is 2. The van der Waals surface area contributed by atoms with E-state index >= 15 is 0 Å². The van der Waals surface area contributed by atoms with Crippen LogP contribution in [0.3, 0.4) is 0 Å². The smallest absolute Gasteiger partial charge is 0.187 e. The van der Waals surface area contributed by atoms with Gasteiger partial charge in [0.05, 0.1) is 6.07 Å². The van der Waals surface area contributed by atoms with E-state index in [0.717, 1.165) is 35.1 Å². The van der Waals surface area contributed by atoms with Crippen LogP contribution in [0.15, 0.2) is 5.16 Å². The molecule has 0 fully saturated rings. The van der Waals surface area contributed by atoms with Crippen LogP contribution in [0.25, 0.3) is 0 Å². The Bertz CT molecular complexity index is 373. The lowest BCUT2D eigenvalue weighted by Gasteiger charge is -2.06. The molecular formula is C12H17N3S. The number of aryl methyl sites for hydroxylation is 2. The Morgan fingerprint density at radius 1 is 1.12 bits per heavy atom. The summed E-state index contributed by atoms with van der Waals surface area (Å²) in [4.78, 5) is 8.88. The second-order valence-electron chi connectivity index (χ2n) is 3.77. The van der Waals surface area contributed by atoms with Gasteiger partial charge in [-0.15, -0.1) is 0 Å². The first-order valence-electron chi connectivity index (χ1n) is 5.46. The topological polar surface area (TPSA) is 49.6 Å². The molecule has 0 radical (unpaired) electrons. The molecule has 0 spiro atoms. The van der Waals surface area contributed by atoms with E-state index in [1.54, 1.807) is 11.8 Å². The zero-order chi connectivity index (χ0) is 12.0. The first kappa shape index (κ1) is 13.0. The van der Waals surface area contributed by atoms with Crippen LogP contribution in [0.4, 0.5) is 0 Å². The van der Waals surface area contributed by atoms with Gasteiger partial charge in [-0.2, -0.15) is 5.26 Å². The third kappa shape index (κ3) is 3.82. The molecule has 0 atom stereocenters. The number of thioether (sulfide) groups is 1. The molecule has 0 bridgehead atoms. The fraction of sp³-hybridized carbons (Fsp3) is 0.583. The van der Waals surface area contributed by atoms with Crippen molar-refractivity contribution in [2.45, 2.75) is 45.2 Å². The molecule has 0 saturated carbocycles. The highest BCUT2D eigenvalue weighted by Crippen LogP contribution is 2.18. The van der Waals surface area contributed by atoms with Crippen molar-refractivity contribution in [3.8, 4) is 6.07 Å². The van der Waals surface area contributed by atoms with Crippen molar-refractivity contribution in [2.24, 2.45) is 0 Å². The molecular weight excluding hydrogens is 218 g/mol. The monoisotopic (exact) mass is 235 g/mol. The Labute approximate surface area is 101 Å². The van der Waals surface area contributed by atoms with Crippen LogP contribution in [0.5, 0.6) is 0 Å². The quantitative estimate of drug-likeness (QED) is 0.447. The van der Waals surface area contributed by atoms with Gasteiger partial charge in [-0.05, 0) is 39.2 Å². The molecule has 1 aromatic rings. The Morgan fingerprint density at radius 3 is 2.31 bits per heavy atom. The summed E-state index contributed by atoms with van der Waals surface area (Å²) in [6.45, 7) is 6.08. The minimum Gasteiger partial charge on any atom is -0.228 e. The summed E-state index contributed by atoms with van der Waals surface area (Å²) < 4.78 is 0. The van der Waals surface area contributed by atoms with Gasteiger partial charge in [0, 0.05) is 23.6 Å². The van der Waals surface area contributed by atoms with Crippen molar-refractivity contribution in [2.75, 3.05) is 5.75 Å². The average Bonchev–Trinajstić information content (AvgIpc) is 2.25. The van der Waals surface area contributed by atoms with Gasteiger partial charge in [0.15, 0.2) is 5.16 Å². The molecule has 0 unspecified atom stereocenters. The van der Waals surface area contributed by atoms with Crippen LogP contribution in [0.2, 0.25) is 0 Å². The van der Waals surface area contributed by atoms with Gasteiger partial charge >= 0.3 is 0 Å². The van der Waals surface area contributed by atoms with Gasteiger partial charge in [0.25, 0.3) is 0 Å². The molecule has 1 heterocycles. The summed E-state index contributed by atoms with van der Waals surface area (Å²) >= 11 is 1.68. The van der Waals surface area contributed by atoms with Crippen LogP contribution in [-0.2, 0) is 0 Å². The van der Waals surface area contributed by atoms with Crippen LogP contribution in [0.1, 0.15) is 36.2 Å². The van der Waals surface area contributed by atoms with Crippen LogP contribution < -0.4 is 0 Å². The summed E-state index contributed by atoms with van der Waals surface area (Å²) in [6.07, 6.45) is 2.66. The van der Waals surface area contributed by atoms with E-state index in [2.05, 4.69) is 16.0 Å². The maximum atomic E-state index is 8.40. The predicted molar refractivity (Wildman–Crippen MR) is 66.4 cm³/mol. The third-order valence-corrected chi connectivity index (χ3v) is 3.46. The molecule has 0 aliphatic heterocycles. The van der Waals surface area contributed by atoms with Gasteiger partial charge in [0.1, 0.15) is 0 Å². The standard InChI is InChI=1S/C12H17N3S/c1-9-10(2)14-12(15-11(9)3)16-8-6-4-5-7-13/h4-6,8H2,1-3H3. The van der Waals surface area contributed by atoms with E-state index in [-0.39, 0.29) is 0 Å². The van der Waals surface area contributed by atoms with Crippen LogP contribution in [-0.4, -0.2) is 15.7 Å². The zero-order valence-corrected chi connectivity index (χ0v) is 10.9. The molecule has 16 heavy (non-hydrogen) atoms. The van der Waals surface area contributed by atoms with Crippen molar-refractivity contribution in [3.05, 3.63) is 17.0 Å². The molecule has 0 saturated heterocycles. The molecule has 1 aromatic heterocycles. The minimum absolute atomic E-state index is 0.646. The SMILES string of the molecule is Cc1nc(SCCCCC#N)nc(C)c1C. The molecule has 4 heteroatoms. The normalized spacial score (nSPS) is 10.1. The Hall–Kier alpha value is -1.08. The fourth-order valence-corrected chi connectivity index (χ4v) is 2.21. The zero-order valence-electron chi connectivity index (χ0n) is 10.1. The van der Waals surface area contributed by atoms with Gasteiger partial charge in [0.2, 0.25) is 0 Å². The lowest BCUT2D eigenvalue weighted by molar-refractivity contribution is 0.823. The van der Waals surface area contributed by atoms with Crippen molar-refractivity contribution < 1.29 is 0 Å². The lowest BCUT2D eigenvalue weighted by atomic mass is 10.2. The van der Waals surface area contributed by atoms with Crippen molar-refractivity contribution in [1.82, 2.24) is 9.97 Å². The molecule has 0 aliphatic rings. The average molecular weight is 235 g/mol. The lowest BCUT2D eigenvalue weighted by Crippen LogP contribution is -1.98. The molecule has 1 rings (SSSR count). The second kappa shape index (κ2) is 6.49. The van der Waals surface area contributed by atoms with E-state index < -0.39 is 0 Å². The van der Waals surface area contributed by atoms with Gasteiger partial charge in [-0.1, -0.05) is 11.8 Å². The minimum atomic E-state index is 0.646. The Morgan fingerprint density at radius 2 is 1.75 bits per heavy atom. The number of hydrogen-bond donors (Lipinski definition) is 0.